The zero-order valence-electron chi connectivity index (χ0n) is 14.5. The van der Waals surface area contributed by atoms with Crippen LogP contribution in [0.25, 0.3) is 5.69 Å². The summed E-state index contributed by atoms with van der Waals surface area (Å²) in [5.74, 6) is -0.264. The number of carbonyl (C=O) groups is 1. The smallest absolute Gasteiger partial charge is 0.350 e. The van der Waals surface area contributed by atoms with Crippen molar-refractivity contribution in [1.82, 2.24) is 14.8 Å². The number of anilines is 1. The number of benzene rings is 1. The first-order valence-corrected chi connectivity index (χ1v) is 8.85. The van der Waals surface area contributed by atoms with Crippen LogP contribution in [0.4, 0.5) is 5.95 Å². The van der Waals surface area contributed by atoms with E-state index in [2.05, 4.69) is 15.4 Å². The van der Waals surface area contributed by atoms with Crippen molar-refractivity contribution in [1.29, 1.82) is 5.26 Å². The zero-order valence-corrected chi connectivity index (χ0v) is 15.3. The van der Waals surface area contributed by atoms with Crippen LogP contribution in [0.5, 0.6) is 0 Å². The third-order valence-corrected chi connectivity index (χ3v) is 3.92. The van der Waals surface area contributed by atoms with Crippen LogP contribution in [-0.4, -0.2) is 33.6 Å². The Morgan fingerprint density at radius 2 is 2.12 bits per heavy atom. The van der Waals surface area contributed by atoms with Gasteiger partial charge in [-0.3, -0.25) is 0 Å². The lowest BCUT2D eigenvalue weighted by atomic mass is 10.1. The van der Waals surface area contributed by atoms with Gasteiger partial charge in [0.1, 0.15) is 6.07 Å². The molecule has 2 rings (SSSR count). The van der Waals surface area contributed by atoms with Gasteiger partial charge in [-0.1, -0.05) is 30.0 Å². The number of ether oxygens (including phenoxy) is 1. The maximum absolute atomic E-state index is 11.7. The number of rotatable bonds is 6. The normalized spacial score (nSPS) is 11.1. The zero-order chi connectivity index (χ0) is 18.4. The molecule has 0 fully saturated rings. The molecule has 130 valence electrons. The van der Waals surface area contributed by atoms with E-state index in [9.17, 15) is 4.79 Å². The van der Waals surface area contributed by atoms with Gasteiger partial charge in [-0.05, 0) is 38.2 Å². The molecule has 0 unspecified atom stereocenters. The number of aryl methyl sites for hydroxylation is 2. The second-order valence-corrected chi connectivity index (χ2v) is 5.88. The molecule has 1 aromatic heterocycles. The van der Waals surface area contributed by atoms with Crippen LogP contribution in [0.2, 0.25) is 0 Å². The van der Waals surface area contributed by atoms with Gasteiger partial charge in [0.2, 0.25) is 11.1 Å². The summed E-state index contributed by atoms with van der Waals surface area (Å²) in [6, 6.07) is 7.77. The molecule has 0 saturated carbocycles. The summed E-state index contributed by atoms with van der Waals surface area (Å²) in [6.07, 6.45) is 3.17. The van der Waals surface area contributed by atoms with Crippen LogP contribution in [0.1, 0.15) is 18.1 Å². The van der Waals surface area contributed by atoms with E-state index < -0.39 is 5.97 Å². The summed E-state index contributed by atoms with van der Waals surface area (Å²) in [7, 11) is 0. The molecule has 0 aliphatic rings. The van der Waals surface area contributed by atoms with Crippen molar-refractivity contribution in [2.24, 2.45) is 0 Å². The molecule has 0 atom stereocenters. The molecular weight excluding hydrogens is 338 g/mol. The number of hydrogen-bond acceptors (Lipinski definition) is 7. The Morgan fingerprint density at radius 3 is 2.68 bits per heavy atom. The Balaban J connectivity index is 2.44. The van der Waals surface area contributed by atoms with Crippen molar-refractivity contribution in [2.45, 2.75) is 25.9 Å². The van der Waals surface area contributed by atoms with Crippen molar-refractivity contribution in [3.63, 3.8) is 0 Å². The summed E-state index contributed by atoms with van der Waals surface area (Å²) in [6.45, 7) is 5.86. The van der Waals surface area contributed by atoms with Crippen LogP contribution < -0.4 is 5.32 Å². The number of hydrogen-bond donors (Lipinski definition) is 1. The average Bonchev–Trinajstić information content (AvgIpc) is 2.98. The van der Waals surface area contributed by atoms with Crippen LogP contribution >= 0.6 is 11.8 Å². The Bertz CT molecular complexity index is 831. The molecule has 0 aliphatic carbocycles. The standard InChI is InChI=1S/C17H19N5O2S/c1-5-24-15(23)13(9-18)10-19-16-20-17(25-4)21-22(16)14-11(2)7-6-8-12(14)3/h6-8,10H,5H2,1-4H3,(H,19,20,21)/b13-10+. The van der Waals surface area contributed by atoms with Crippen molar-refractivity contribution in [2.75, 3.05) is 18.2 Å². The van der Waals surface area contributed by atoms with Gasteiger partial charge in [-0.15, -0.1) is 5.10 Å². The maximum atomic E-state index is 11.7. The summed E-state index contributed by atoms with van der Waals surface area (Å²) >= 11 is 1.40. The van der Waals surface area contributed by atoms with Crippen LogP contribution in [0.3, 0.4) is 0 Å². The molecule has 0 aliphatic heterocycles. The summed E-state index contributed by atoms with van der Waals surface area (Å²) in [4.78, 5) is 16.1. The molecule has 8 heteroatoms. The minimum Gasteiger partial charge on any atom is -0.462 e. The summed E-state index contributed by atoms with van der Waals surface area (Å²) in [5, 5.41) is 17.1. The third-order valence-electron chi connectivity index (χ3n) is 3.38. The fourth-order valence-electron chi connectivity index (χ4n) is 2.25. The number of esters is 1. The molecule has 7 nitrogen and oxygen atoms in total. The topological polar surface area (TPSA) is 92.8 Å². The van der Waals surface area contributed by atoms with E-state index >= 15 is 0 Å². The highest BCUT2D eigenvalue weighted by atomic mass is 32.2. The van der Waals surface area contributed by atoms with E-state index in [1.165, 1.54) is 18.0 Å². The second-order valence-electron chi connectivity index (χ2n) is 5.11. The van der Waals surface area contributed by atoms with Gasteiger partial charge in [0, 0.05) is 6.20 Å². The van der Waals surface area contributed by atoms with E-state index in [1.807, 2.05) is 44.4 Å². The van der Waals surface area contributed by atoms with E-state index in [-0.39, 0.29) is 12.2 Å². The first kappa shape index (κ1) is 18.5. The average molecular weight is 357 g/mol. The Hall–Kier alpha value is -2.79. The number of nitriles is 1. The Labute approximate surface area is 150 Å². The molecule has 1 aromatic carbocycles. The highest BCUT2D eigenvalue weighted by Crippen LogP contribution is 2.24. The van der Waals surface area contributed by atoms with Gasteiger partial charge in [0.15, 0.2) is 5.57 Å². The summed E-state index contributed by atoms with van der Waals surface area (Å²) < 4.78 is 6.52. The molecular formula is C17H19N5O2S. The van der Waals surface area contributed by atoms with Gasteiger partial charge in [-0.2, -0.15) is 14.9 Å². The van der Waals surface area contributed by atoms with E-state index in [0.29, 0.717) is 11.1 Å². The molecule has 0 spiro atoms. The molecule has 25 heavy (non-hydrogen) atoms. The predicted molar refractivity (Wildman–Crippen MR) is 96.6 cm³/mol. The first-order chi connectivity index (χ1) is 12.0. The Kier molecular flexibility index (Phi) is 6.19. The number of carbonyl (C=O) groups excluding carboxylic acids is 1. The highest BCUT2D eigenvalue weighted by Gasteiger charge is 2.15. The molecule has 0 amide bonds. The van der Waals surface area contributed by atoms with Crippen molar-refractivity contribution in [3.8, 4) is 11.8 Å². The largest absolute Gasteiger partial charge is 0.462 e. The van der Waals surface area contributed by atoms with E-state index in [0.717, 1.165) is 16.8 Å². The minimum atomic E-state index is -0.680. The van der Waals surface area contributed by atoms with Gasteiger partial charge in [-0.25, -0.2) is 4.79 Å². The fraction of sp³-hybridized carbons (Fsp3) is 0.294. The molecule has 2 aromatic rings. The monoisotopic (exact) mass is 357 g/mol. The van der Waals surface area contributed by atoms with Crippen molar-refractivity contribution >= 4 is 23.7 Å². The first-order valence-electron chi connectivity index (χ1n) is 7.63. The lowest BCUT2D eigenvalue weighted by Gasteiger charge is -2.11. The van der Waals surface area contributed by atoms with Gasteiger partial charge in [0.25, 0.3) is 0 Å². The highest BCUT2D eigenvalue weighted by molar-refractivity contribution is 7.98. The molecule has 1 heterocycles. The van der Waals surface area contributed by atoms with Crippen LogP contribution in [0, 0.1) is 25.2 Å². The molecule has 1 N–H and O–H groups in total. The number of nitrogens with zero attached hydrogens (tertiary/aromatic N) is 4. The van der Waals surface area contributed by atoms with Crippen LogP contribution in [0.15, 0.2) is 35.1 Å². The summed E-state index contributed by atoms with van der Waals surface area (Å²) in [5.41, 5.74) is 2.84. The number of aromatic nitrogens is 3. The van der Waals surface area contributed by atoms with Gasteiger partial charge in [0.05, 0.1) is 12.3 Å². The van der Waals surface area contributed by atoms with Crippen molar-refractivity contribution in [3.05, 3.63) is 41.1 Å². The number of para-hydroxylation sites is 1. The Morgan fingerprint density at radius 1 is 1.44 bits per heavy atom. The third kappa shape index (κ3) is 4.19. The lowest BCUT2D eigenvalue weighted by Crippen LogP contribution is -2.10. The predicted octanol–water partition coefficient (Wildman–Crippen LogP) is 2.99. The fourth-order valence-corrected chi connectivity index (χ4v) is 2.59. The minimum absolute atomic E-state index is 0.136. The van der Waals surface area contributed by atoms with E-state index in [4.69, 9.17) is 10.00 Å². The van der Waals surface area contributed by atoms with Gasteiger partial charge >= 0.3 is 5.97 Å². The van der Waals surface area contributed by atoms with Crippen molar-refractivity contribution < 1.29 is 9.53 Å². The van der Waals surface area contributed by atoms with E-state index in [1.54, 1.807) is 11.6 Å². The maximum Gasteiger partial charge on any atom is 0.350 e. The SMILES string of the molecule is CCOC(=O)/C(C#N)=C/Nc1nc(SC)nn1-c1c(C)cccc1C. The van der Waals surface area contributed by atoms with Gasteiger partial charge < -0.3 is 10.1 Å². The second kappa shape index (κ2) is 8.35. The molecule has 0 saturated heterocycles. The quantitative estimate of drug-likeness (QED) is 0.368. The molecule has 0 radical (unpaired) electrons. The van der Waals surface area contributed by atoms with Crippen LogP contribution in [-0.2, 0) is 9.53 Å². The number of thioether (sulfide) groups is 1. The number of nitrogens with one attached hydrogen (secondary N) is 1. The lowest BCUT2D eigenvalue weighted by molar-refractivity contribution is -0.138. The molecule has 0 bridgehead atoms.